The van der Waals surface area contributed by atoms with Crippen LogP contribution in [0.2, 0.25) is 0 Å². The van der Waals surface area contributed by atoms with Crippen LogP contribution in [-0.2, 0) is 6.42 Å². The van der Waals surface area contributed by atoms with Gasteiger partial charge in [0.15, 0.2) is 0 Å². The lowest BCUT2D eigenvalue weighted by Crippen LogP contribution is -2.07. The van der Waals surface area contributed by atoms with Gasteiger partial charge in [-0.15, -0.1) is 0 Å². The molecule has 0 amide bonds. The van der Waals surface area contributed by atoms with E-state index in [0.29, 0.717) is 24.4 Å². The number of hydrogen-bond donors (Lipinski definition) is 2. The van der Waals surface area contributed by atoms with Crippen molar-refractivity contribution in [2.75, 3.05) is 18.1 Å². The maximum Gasteiger partial charge on any atom is 0.119 e. The van der Waals surface area contributed by atoms with Crippen LogP contribution in [0.3, 0.4) is 0 Å². The van der Waals surface area contributed by atoms with E-state index in [4.69, 9.17) is 16.2 Å². The van der Waals surface area contributed by atoms with E-state index in [2.05, 4.69) is 4.98 Å². The molecule has 0 radical (unpaired) electrons. The lowest BCUT2D eigenvalue weighted by Gasteiger charge is -2.08. The third-order valence-electron chi connectivity index (χ3n) is 2.46. The average Bonchev–Trinajstić information content (AvgIpc) is 2.36. The fraction of sp³-hybridized carbons (Fsp3) is 0.154. The highest BCUT2D eigenvalue weighted by Gasteiger charge is 2.03. The molecule has 2 aromatic rings. The Morgan fingerprint density at radius 2 is 1.82 bits per heavy atom. The standard InChI is InChI=1S/C13H15N3O/c14-11-6-8-16-12(13(11)15)7-9-17-10-4-2-1-3-5-10/h1-6,8H,7,9,15H2,(H2,14,16). The van der Waals surface area contributed by atoms with Crippen LogP contribution in [0, 0.1) is 0 Å². The van der Waals surface area contributed by atoms with Gasteiger partial charge in [0.2, 0.25) is 0 Å². The first-order chi connectivity index (χ1) is 8.27. The second-order valence-corrected chi connectivity index (χ2v) is 3.67. The molecule has 0 atom stereocenters. The fourth-order valence-electron chi connectivity index (χ4n) is 1.51. The van der Waals surface area contributed by atoms with Crippen LogP contribution in [0.1, 0.15) is 5.69 Å². The number of ether oxygens (including phenoxy) is 1. The van der Waals surface area contributed by atoms with Crippen molar-refractivity contribution in [3.8, 4) is 5.75 Å². The number of nitrogens with zero attached hydrogens (tertiary/aromatic N) is 1. The van der Waals surface area contributed by atoms with Crippen LogP contribution in [-0.4, -0.2) is 11.6 Å². The molecule has 4 nitrogen and oxygen atoms in total. The summed E-state index contributed by atoms with van der Waals surface area (Å²) in [5, 5.41) is 0. The Labute approximate surface area is 100 Å². The Morgan fingerprint density at radius 3 is 2.59 bits per heavy atom. The van der Waals surface area contributed by atoms with Crippen LogP contribution in [0.5, 0.6) is 5.75 Å². The molecule has 17 heavy (non-hydrogen) atoms. The summed E-state index contributed by atoms with van der Waals surface area (Å²) in [4.78, 5) is 4.19. The molecule has 1 aromatic heterocycles. The van der Waals surface area contributed by atoms with E-state index in [0.717, 1.165) is 11.4 Å². The van der Waals surface area contributed by atoms with Gasteiger partial charge in [-0.3, -0.25) is 4.98 Å². The molecule has 0 spiro atoms. The monoisotopic (exact) mass is 229 g/mol. The molecule has 1 aromatic carbocycles. The molecule has 0 bridgehead atoms. The first-order valence-electron chi connectivity index (χ1n) is 5.44. The van der Waals surface area contributed by atoms with Crippen molar-refractivity contribution in [2.45, 2.75) is 6.42 Å². The molecule has 0 aliphatic rings. The molecule has 0 aliphatic carbocycles. The van der Waals surface area contributed by atoms with Crippen LogP contribution in [0.4, 0.5) is 11.4 Å². The van der Waals surface area contributed by atoms with Gasteiger partial charge in [0.1, 0.15) is 5.75 Å². The highest BCUT2D eigenvalue weighted by Crippen LogP contribution is 2.17. The Morgan fingerprint density at radius 1 is 1.06 bits per heavy atom. The van der Waals surface area contributed by atoms with Crippen LogP contribution in [0.15, 0.2) is 42.6 Å². The van der Waals surface area contributed by atoms with Crippen molar-refractivity contribution in [2.24, 2.45) is 0 Å². The number of pyridine rings is 1. The van der Waals surface area contributed by atoms with Crippen molar-refractivity contribution in [1.29, 1.82) is 0 Å². The van der Waals surface area contributed by atoms with Gasteiger partial charge in [-0.1, -0.05) is 18.2 Å². The molecule has 4 N–H and O–H groups in total. The number of para-hydroxylation sites is 1. The molecule has 0 saturated carbocycles. The number of nitrogen functional groups attached to an aromatic ring is 2. The van der Waals surface area contributed by atoms with Crippen LogP contribution in [0.25, 0.3) is 0 Å². The van der Waals surface area contributed by atoms with E-state index in [-0.39, 0.29) is 0 Å². The molecule has 1 heterocycles. The Balaban J connectivity index is 1.93. The molecule has 0 saturated heterocycles. The summed E-state index contributed by atoms with van der Waals surface area (Å²) in [6, 6.07) is 11.3. The maximum absolute atomic E-state index is 5.82. The van der Waals surface area contributed by atoms with Gasteiger partial charge in [0, 0.05) is 12.6 Å². The van der Waals surface area contributed by atoms with Gasteiger partial charge in [-0.05, 0) is 18.2 Å². The van der Waals surface area contributed by atoms with E-state index in [9.17, 15) is 0 Å². The van der Waals surface area contributed by atoms with Crippen molar-refractivity contribution < 1.29 is 4.74 Å². The molecule has 88 valence electrons. The van der Waals surface area contributed by atoms with Crippen LogP contribution >= 0.6 is 0 Å². The topological polar surface area (TPSA) is 74.2 Å². The summed E-state index contributed by atoms with van der Waals surface area (Å²) in [6.45, 7) is 0.532. The van der Waals surface area contributed by atoms with Crippen molar-refractivity contribution in [3.05, 3.63) is 48.3 Å². The fourth-order valence-corrected chi connectivity index (χ4v) is 1.51. The number of aromatic nitrogens is 1. The van der Waals surface area contributed by atoms with Gasteiger partial charge in [-0.25, -0.2) is 0 Å². The minimum Gasteiger partial charge on any atom is -0.493 e. The molecule has 0 fully saturated rings. The SMILES string of the molecule is Nc1ccnc(CCOc2ccccc2)c1N. The maximum atomic E-state index is 5.82. The molecule has 0 unspecified atom stereocenters. The van der Waals surface area contributed by atoms with Gasteiger partial charge < -0.3 is 16.2 Å². The van der Waals surface area contributed by atoms with E-state index >= 15 is 0 Å². The number of benzene rings is 1. The molecule has 4 heteroatoms. The summed E-state index contributed by atoms with van der Waals surface area (Å²) >= 11 is 0. The van der Waals surface area contributed by atoms with E-state index in [1.807, 2.05) is 30.3 Å². The highest BCUT2D eigenvalue weighted by molar-refractivity contribution is 5.64. The smallest absolute Gasteiger partial charge is 0.119 e. The molecular weight excluding hydrogens is 214 g/mol. The zero-order valence-electron chi connectivity index (χ0n) is 9.47. The summed E-state index contributed by atoms with van der Waals surface area (Å²) in [5.74, 6) is 0.843. The number of nitrogens with two attached hydrogens (primary N) is 2. The highest BCUT2D eigenvalue weighted by atomic mass is 16.5. The predicted molar refractivity (Wildman–Crippen MR) is 68.7 cm³/mol. The van der Waals surface area contributed by atoms with Gasteiger partial charge in [0.25, 0.3) is 0 Å². The number of anilines is 2. The second kappa shape index (κ2) is 5.21. The van der Waals surface area contributed by atoms with E-state index in [1.54, 1.807) is 12.3 Å². The second-order valence-electron chi connectivity index (χ2n) is 3.67. The summed E-state index contributed by atoms with van der Waals surface area (Å²) in [7, 11) is 0. The minimum absolute atomic E-state index is 0.532. The van der Waals surface area contributed by atoms with Crippen molar-refractivity contribution in [3.63, 3.8) is 0 Å². The summed E-state index contributed by atoms with van der Waals surface area (Å²) in [6.07, 6.45) is 2.30. The Bertz CT molecular complexity index is 485. The van der Waals surface area contributed by atoms with Crippen LogP contribution < -0.4 is 16.2 Å². The third-order valence-corrected chi connectivity index (χ3v) is 2.46. The van der Waals surface area contributed by atoms with Crippen molar-refractivity contribution >= 4 is 11.4 Å². The average molecular weight is 229 g/mol. The molecule has 0 aliphatic heterocycles. The van der Waals surface area contributed by atoms with E-state index < -0.39 is 0 Å². The minimum atomic E-state index is 0.532. The van der Waals surface area contributed by atoms with Gasteiger partial charge in [-0.2, -0.15) is 0 Å². The van der Waals surface area contributed by atoms with Gasteiger partial charge >= 0.3 is 0 Å². The Kier molecular flexibility index (Phi) is 3.45. The lowest BCUT2D eigenvalue weighted by atomic mass is 10.2. The number of hydrogen-bond acceptors (Lipinski definition) is 4. The molecular formula is C13H15N3O. The molecule has 2 rings (SSSR count). The summed E-state index contributed by atoms with van der Waals surface area (Å²) < 4.78 is 5.57. The first kappa shape index (κ1) is 11.3. The Hall–Kier alpha value is -2.23. The van der Waals surface area contributed by atoms with E-state index in [1.165, 1.54) is 0 Å². The quantitative estimate of drug-likeness (QED) is 0.839. The number of rotatable bonds is 4. The van der Waals surface area contributed by atoms with Gasteiger partial charge in [0.05, 0.1) is 23.7 Å². The largest absolute Gasteiger partial charge is 0.493 e. The first-order valence-corrected chi connectivity index (χ1v) is 5.44. The normalized spacial score (nSPS) is 10.1. The summed E-state index contributed by atoms with van der Waals surface area (Å²) in [5.41, 5.74) is 13.4. The lowest BCUT2D eigenvalue weighted by molar-refractivity contribution is 0.321. The zero-order chi connectivity index (χ0) is 12.1. The van der Waals surface area contributed by atoms with Crippen molar-refractivity contribution in [1.82, 2.24) is 4.98 Å². The zero-order valence-corrected chi connectivity index (χ0v) is 9.47. The third kappa shape index (κ3) is 2.87. The predicted octanol–water partition coefficient (Wildman–Crippen LogP) is 1.87.